The average molecular weight is 258 g/mol. The fourth-order valence-corrected chi connectivity index (χ4v) is 1.80. The van der Waals surface area contributed by atoms with E-state index in [4.69, 9.17) is 11.5 Å². The second-order valence-corrected chi connectivity index (χ2v) is 4.48. The van der Waals surface area contributed by atoms with Crippen LogP contribution >= 0.6 is 0 Å². The molecule has 0 amide bonds. The van der Waals surface area contributed by atoms with E-state index in [9.17, 15) is 0 Å². The highest BCUT2D eigenvalue weighted by Crippen LogP contribution is 2.11. The van der Waals surface area contributed by atoms with Gasteiger partial charge >= 0.3 is 0 Å². The summed E-state index contributed by atoms with van der Waals surface area (Å²) in [5, 5.41) is 0. The Kier molecular flexibility index (Phi) is 4.25. The third-order valence-electron chi connectivity index (χ3n) is 2.89. The van der Waals surface area contributed by atoms with E-state index in [1.165, 1.54) is 5.56 Å². The molecule has 0 radical (unpaired) electrons. The highest BCUT2D eigenvalue weighted by molar-refractivity contribution is 5.41. The van der Waals surface area contributed by atoms with Crippen molar-refractivity contribution in [1.29, 1.82) is 0 Å². The molecule has 2 rings (SSSR count). The Morgan fingerprint density at radius 2 is 1.95 bits per heavy atom. The van der Waals surface area contributed by atoms with Crippen molar-refractivity contribution in [3.63, 3.8) is 0 Å². The Balaban J connectivity index is 1.89. The molecule has 2 aromatic rings. The third-order valence-corrected chi connectivity index (χ3v) is 2.89. The molecule has 0 aromatic carbocycles. The molecular weight excluding hydrogens is 240 g/mol. The zero-order valence-electron chi connectivity index (χ0n) is 11.0. The van der Waals surface area contributed by atoms with Crippen molar-refractivity contribution in [2.45, 2.75) is 13.0 Å². The largest absolute Gasteiger partial charge is 0.383 e. The third kappa shape index (κ3) is 3.89. The lowest BCUT2D eigenvalue weighted by atomic mass is 10.2. The highest BCUT2D eigenvalue weighted by atomic mass is 15.1. The van der Waals surface area contributed by atoms with Gasteiger partial charge in [0.05, 0.1) is 0 Å². The molecule has 0 saturated heterocycles. The van der Waals surface area contributed by atoms with Gasteiger partial charge in [0.25, 0.3) is 0 Å². The topological polar surface area (TPSA) is 94.0 Å². The van der Waals surface area contributed by atoms with Crippen molar-refractivity contribution in [2.75, 3.05) is 25.1 Å². The van der Waals surface area contributed by atoms with Crippen molar-refractivity contribution < 1.29 is 0 Å². The van der Waals surface area contributed by atoms with Crippen LogP contribution in [0, 0.1) is 0 Å². The molecule has 0 aliphatic heterocycles. The molecule has 19 heavy (non-hydrogen) atoms. The Morgan fingerprint density at radius 3 is 2.63 bits per heavy atom. The van der Waals surface area contributed by atoms with E-state index < -0.39 is 0 Å². The summed E-state index contributed by atoms with van der Waals surface area (Å²) in [6.07, 6.45) is 6.26. The fraction of sp³-hybridized carbons (Fsp3) is 0.308. The maximum atomic E-state index is 5.81. The molecule has 6 heteroatoms. The van der Waals surface area contributed by atoms with E-state index in [1.54, 1.807) is 18.6 Å². The number of hydrogen-bond donors (Lipinski definition) is 2. The molecule has 0 aliphatic rings. The first kappa shape index (κ1) is 13.2. The summed E-state index contributed by atoms with van der Waals surface area (Å²) in [5.41, 5.74) is 13.4. The maximum Gasteiger partial charge on any atom is 0.221 e. The number of rotatable bonds is 5. The van der Waals surface area contributed by atoms with Crippen LogP contribution in [0.4, 0.5) is 11.8 Å². The van der Waals surface area contributed by atoms with Crippen LogP contribution in [-0.4, -0.2) is 33.4 Å². The first-order valence-electron chi connectivity index (χ1n) is 6.09. The van der Waals surface area contributed by atoms with Crippen molar-refractivity contribution in [2.24, 2.45) is 0 Å². The predicted octanol–water partition coefficient (Wildman–Crippen LogP) is 0.711. The minimum absolute atomic E-state index is 0.209. The molecule has 0 spiro atoms. The Labute approximate surface area is 112 Å². The summed E-state index contributed by atoms with van der Waals surface area (Å²) < 4.78 is 0. The monoisotopic (exact) mass is 258 g/mol. The van der Waals surface area contributed by atoms with Crippen LogP contribution in [0.3, 0.4) is 0 Å². The molecule has 0 aliphatic carbocycles. The second kappa shape index (κ2) is 6.10. The number of nitrogens with two attached hydrogens (primary N) is 2. The van der Waals surface area contributed by atoms with Crippen LogP contribution in [0.5, 0.6) is 0 Å². The lowest BCUT2D eigenvalue weighted by Crippen LogP contribution is -2.22. The van der Waals surface area contributed by atoms with Crippen LogP contribution in [0.2, 0.25) is 0 Å². The van der Waals surface area contributed by atoms with Crippen LogP contribution in [0.25, 0.3) is 0 Å². The number of hydrogen-bond acceptors (Lipinski definition) is 6. The average Bonchev–Trinajstić information content (AvgIpc) is 2.41. The minimum Gasteiger partial charge on any atom is -0.383 e. The smallest absolute Gasteiger partial charge is 0.221 e. The van der Waals surface area contributed by atoms with Crippen LogP contribution in [0.15, 0.2) is 30.7 Å². The number of aromatic nitrogens is 3. The standard InChI is InChI=1S/C13H18N6/c1-19(7-4-10-2-5-16-6-3-10)9-11-8-17-13(15)18-12(11)14/h2-3,5-6,8H,4,7,9H2,1H3,(H4,14,15,17,18). The van der Waals surface area contributed by atoms with Gasteiger partial charge in [0, 0.05) is 37.2 Å². The molecule has 0 unspecified atom stereocenters. The van der Waals surface area contributed by atoms with Gasteiger partial charge in [0.2, 0.25) is 5.95 Å². The van der Waals surface area contributed by atoms with Crippen molar-refractivity contribution in [3.05, 3.63) is 41.9 Å². The van der Waals surface area contributed by atoms with E-state index in [-0.39, 0.29) is 5.95 Å². The maximum absolute atomic E-state index is 5.81. The van der Waals surface area contributed by atoms with E-state index in [2.05, 4.69) is 19.9 Å². The van der Waals surface area contributed by atoms with Gasteiger partial charge in [-0.2, -0.15) is 4.98 Å². The first-order chi connectivity index (χ1) is 9.15. The normalized spacial score (nSPS) is 10.8. The minimum atomic E-state index is 0.209. The quantitative estimate of drug-likeness (QED) is 0.820. The van der Waals surface area contributed by atoms with Gasteiger partial charge in [-0.1, -0.05) is 0 Å². The molecule has 6 nitrogen and oxygen atoms in total. The molecule has 2 aromatic heterocycles. The van der Waals surface area contributed by atoms with E-state index in [0.717, 1.165) is 18.5 Å². The van der Waals surface area contributed by atoms with E-state index in [0.29, 0.717) is 12.4 Å². The molecular formula is C13H18N6. The Morgan fingerprint density at radius 1 is 1.21 bits per heavy atom. The van der Waals surface area contributed by atoms with Gasteiger partial charge in [-0.25, -0.2) is 4.98 Å². The molecule has 0 bridgehead atoms. The van der Waals surface area contributed by atoms with E-state index >= 15 is 0 Å². The van der Waals surface area contributed by atoms with Crippen LogP contribution in [-0.2, 0) is 13.0 Å². The number of nitrogens with zero attached hydrogens (tertiary/aromatic N) is 4. The van der Waals surface area contributed by atoms with Crippen LogP contribution < -0.4 is 11.5 Å². The number of likely N-dealkylation sites (N-methyl/N-ethyl adjacent to an activating group) is 1. The lowest BCUT2D eigenvalue weighted by molar-refractivity contribution is 0.331. The second-order valence-electron chi connectivity index (χ2n) is 4.48. The summed E-state index contributed by atoms with van der Waals surface area (Å²) in [6, 6.07) is 4.04. The van der Waals surface area contributed by atoms with E-state index in [1.807, 2.05) is 19.2 Å². The van der Waals surface area contributed by atoms with Gasteiger partial charge in [0.15, 0.2) is 0 Å². The SMILES string of the molecule is CN(CCc1ccncc1)Cc1cnc(N)nc1N. The Bertz CT molecular complexity index is 528. The summed E-state index contributed by atoms with van der Waals surface area (Å²) in [4.78, 5) is 14.1. The van der Waals surface area contributed by atoms with Crippen LogP contribution in [0.1, 0.15) is 11.1 Å². The number of nitrogen functional groups attached to an aromatic ring is 2. The number of anilines is 2. The summed E-state index contributed by atoms with van der Waals surface area (Å²) in [6.45, 7) is 1.63. The highest BCUT2D eigenvalue weighted by Gasteiger charge is 2.06. The fourth-order valence-electron chi connectivity index (χ4n) is 1.80. The zero-order chi connectivity index (χ0) is 13.7. The molecule has 0 fully saturated rings. The molecule has 100 valence electrons. The van der Waals surface area contributed by atoms with Gasteiger partial charge in [-0.15, -0.1) is 0 Å². The first-order valence-corrected chi connectivity index (χ1v) is 6.09. The predicted molar refractivity (Wildman–Crippen MR) is 75.1 cm³/mol. The van der Waals surface area contributed by atoms with Gasteiger partial charge in [-0.3, -0.25) is 4.98 Å². The van der Waals surface area contributed by atoms with Gasteiger partial charge in [0.1, 0.15) is 5.82 Å². The lowest BCUT2D eigenvalue weighted by Gasteiger charge is -2.17. The summed E-state index contributed by atoms with van der Waals surface area (Å²) in [7, 11) is 2.04. The van der Waals surface area contributed by atoms with Crippen molar-refractivity contribution in [3.8, 4) is 0 Å². The van der Waals surface area contributed by atoms with Gasteiger partial charge in [-0.05, 0) is 31.2 Å². The zero-order valence-corrected chi connectivity index (χ0v) is 11.0. The Hall–Kier alpha value is -2.21. The van der Waals surface area contributed by atoms with Crippen molar-refractivity contribution in [1.82, 2.24) is 19.9 Å². The number of pyridine rings is 1. The summed E-state index contributed by atoms with van der Waals surface area (Å²) in [5.74, 6) is 0.656. The summed E-state index contributed by atoms with van der Waals surface area (Å²) >= 11 is 0. The molecule has 0 saturated carbocycles. The van der Waals surface area contributed by atoms with Crippen molar-refractivity contribution >= 4 is 11.8 Å². The molecule has 2 heterocycles. The van der Waals surface area contributed by atoms with Gasteiger partial charge < -0.3 is 16.4 Å². The molecule has 0 atom stereocenters. The molecule has 4 N–H and O–H groups in total.